The Bertz CT molecular complexity index is 528. The summed E-state index contributed by atoms with van der Waals surface area (Å²) in [4.78, 5) is 17.1. The number of sulfonamides is 1. The van der Waals surface area contributed by atoms with E-state index < -0.39 is 16.0 Å². The van der Waals surface area contributed by atoms with Gasteiger partial charge in [-0.15, -0.1) is 0 Å². The van der Waals surface area contributed by atoms with Crippen LogP contribution in [0, 0.1) is 0 Å². The molecule has 0 aliphatic rings. The van der Waals surface area contributed by atoms with Crippen LogP contribution >= 0.6 is 15.9 Å². The molecule has 0 heterocycles. The molecule has 0 aliphatic carbocycles. The van der Waals surface area contributed by atoms with Crippen LogP contribution in [-0.4, -0.2) is 26.1 Å². The monoisotopic (exact) mass is 323 g/mol. The van der Waals surface area contributed by atoms with Crippen LogP contribution in [0.5, 0.6) is 0 Å². The Labute approximate surface area is 107 Å². The first kappa shape index (κ1) is 14.1. The van der Waals surface area contributed by atoms with Crippen LogP contribution in [0.25, 0.3) is 0 Å². The van der Waals surface area contributed by atoms with Crippen molar-refractivity contribution >= 4 is 31.9 Å². The van der Waals surface area contributed by atoms with Gasteiger partial charge in [0, 0.05) is 4.47 Å². The third-order valence-corrected chi connectivity index (χ3v) is 3.69. The number of nitrogens with one attached hydrogen (secondary N) is 1. The summed E-state index contributed by atoms with van der Waals surface area (Å²) >= 11 is 3.02. The van der Waals surface area contributed by atoms with Crippen LogP contribution < -0.4 is 4.89 Å². The van der Waals surface area contributed by atoms with Crippen LogP contribution in [-0.2, 0) is 14.9 Å². The van der Waals surface area contributed by atoms with Gasteiger partial charge in [-0.25, -0.2) is 13.2 Å². The molecule has 0 aromatic heterocycles. The fraction of sp³-hybridized carbons (Fsp3) is 0.222. The standard InChI is InChI=1S/C9H10BrNO5S/c1-2-16-11-17(14,15)6-3-4-8(10)7(5-6)9(12)13/h3-5,11H,2H2,1H3,(H,12,13). The molecule has 0 saturated heterocycles. The van der Waals surface area contributed by atoms with Gasteiger partial charge in [0.1, 0.15) is 0 Å². The molecule has 1 rings (SSSR count). The van der Waals surface area contributed by atoms with Gasteiger partial charge in [-0.1, -0.05) is 4.89 Å². The Morgan fingerprint density at radius 2 is 2.18 bits per heavy atom. The summed E-state index contributed by atoms with van der Waals surface area (Å²) in [6, 6.07) is 3.68. The highest BCUT2D eigenvalue weighted by molar-refractivity contribution is 9.10. The Morgan fingerprint density at radius 1 is 1.53 bits per heavy atom. The second-order valence-electron chi connectivity index (χ2n) is 2.97. The van der Waals surface area contributed by atoms with Crippen molar-refractivity contribution in [2.75, 3.05) is 6.61 Å². The summed E-state index contributed by atoms with van der Waals surface area (Å²) in [6.07, 6.45) is 0. The molecule has 0 amide bonds. The highest BCUT2D eigenvalue weighted by atomic mass is 79.9. The molecule has 94 valence electrons. The molecule has 1 aromatic rings. The van der Waals surface area contributed by atoms with E-state index in [9.17, 15) is 13.2 Å². The van der Waals surface area contributed by atoms with E-state index in [0.29, 0.717) is 4.47 Å². The first-order chi connectivity index (χ1) is 7.88. The van der Waals surface area contributed by atoms with E-state index in [1.165, 1.54) is 12.1 Å². The number of rotatable bonds is 5. The number of halogens is 1. The average Bonchev–Trinajstić information content (AvgIpc) is 2.26. The van der Waals surface area contributed by atoms with E-state index in [0.717, 1.165) is 6.07 Å². The lowest BCUT2D eigenvalue weighted by atomic mass is 10.2. The normalized spacial score (nSPS) is 11.4. The van der Waals surface area contributed by atoms with Gasteiger partial charge in [-0.05, 0) is 41.1 Å². The summed E-state index contributed by atoms with van der Waals surface area (Å²) in [6.45, 7) is 1.79. The van der Waals surface area contributed by atoms with E-state index in [1.807, 2.05) is 4.89 Å². The van der Waals surface area contributed by atoms with Crippen LogP contribution in [0.15, 0.2) is 27.6 Å². The minimum Gasteiger partial charge on any atom is -0.478 e. The van der Waals surface area contributed by atoms with Crippen molar-refractivity contribution in [2.24, 2.45) is 0 Å². The van der Waals surface area contributed by atoms with Gasteiger partial charge in [-0.2, -0.15) is 0 Å². The van der Waals surface area contributed by atoms with Crippen molar-refractivity contribution < 1.29 is 23.2 Å². The van der Waals surface area contributed by atoms with E-state index in [4.69, 9.17) is 5.11 Å². The molecule has 8 heteroatoms. The predicted molar refractivity (Wildman–Crippen MR) is 63.0 cm³/mol. The summed E-state index contributed by atoms with van der Waals surface area (Å²) in [5.41, 5.74) is -0.135. The molecule has 0 saturated carbocycles. The molecular formula is C9H10BrNO5S. The topological polar surface area (TPSA) is 92.7 Å². The number of carboxylic acids is 1. The Kier molecular flexibility index (Phi) is 4.63. The molecular weight excluding hydrogens is 314 g/mol. The van der Waals surface area contributed by atoms with Crippen molar-refractivity contribution in [3.8, 4) is 0 Å². The minimum absolute atomic E-state index is 0.135. The fourth-order valence-corrected chi connectivity index (χ4v) is 2.33. The molecule has 6 nitrogen and oxygen atoms in total. The summed E-state index contributed by atoms with van der Waals surface area (Å²) in [7, 11) is -3.85. The maximum Gasteiger partial charge on any atom is 0.336 e. The fourth-order valence-electron chi connectivity index (χ4n) is 1.02. The number of carbonyl (C=O) groups is 1. The van der Waals surface area contributed by atoms with Crippen LogP contribution in [0.4, 0.5) is 0 Å². The average molecular weight is 324 g/mol. The number of hydrogen-bond donors (Lipinski definition) is 2. The summed E-state index contributed by atoms with van der Waals surface area (Å²) in [5.74, 6) is -1.22. The van der Waals surface area contributed by atoms with E-state index >= 15 is 0 Å². The molecule has 2 N–H and O–H groups in total. The van der Waals surface area contributed by atoms with Gasteiger partial charge in [-0.3, -0.25) is 4.84 Å². The second kappa shape index (κ2) is 5.58. The first-order valence-corrected chi connectivity index (χ1v) is 6.82. The van der Waals surface area contributed by atoms with Crippen LogP contribution in [0.3, 0.4) is 0 Å². The zero-order valence-corrected chi connectivity index (χ0v) is 11.2. The number of benzene rings is 1. The van der Waals surface area contributed by atoms with E-state index in [-0.39, 0.29) is 17.1 Å². The second-order valence-corrected chi connectivity index (χ2v) is 5.47. The van der Waals surface area contributed by atoms with Crippen molar-refractivity contribution in [1.82, 2.24) is 4.89 Å². The Hall–Kier alpha value is -0.960. The molecule has 0 radical (unpaired) electrons. The van der Waals surface area contributed by atoms with Crippen molar-refractivity contribution in [3.05, 3.63) is 28.2 Å². The summed E-state index contributed by atoms with van der Waals surface area (Å²) < 4.78 is 23.6. The highest BCUT2D eigenvalue weighted by Gasteiger charge is 2.18. The highest BCUT2D eigenvalue weighted by Crippen LogP contribution is 2.20. The van der Waals surface area contributed by atoms with Crippen LogP contribution in [0.1, 0.15) is 17.3 Å². The van der Waals surface area contributed by atoms with Gasteiger partial charge in [0.15, 0.2) is 0 Å². The number of aromatic carboxylic acids is 1. The molecule has 0 unspecified atom stereocenters. The van der Waals surface area contributed by atoms with Gasteiger partial charge in [0.25, 0.3) is 10.0 Å². The number of carboxylic acid groups (broad SMARTS) is 1. The van der Waals surface area contributed by atoms with Gasteiger partial charge < -0.3 is 5.11 Å². The minimum atomic E-state index is -3.85. The molecule has 0 aliphatic heterocycles. The lowest BCUT2D eigenvalue weighted by Crippen LogP contribution is -2.24. The molecule has 17 heavy (non-hydrogen) atoms. The van der Waals surface area contributed by atoms with Crippen molar-refractivity contribution in [2.45, 2.75) is 11.8 Å². The van der Waals surface area contributed by atoms with Crippen LogP contribution in [0.2, 0.25) is 0 Å². The lowest BCUT2D eigenvalue weighted by Gasteiger charge is -2.07. The lowest BCUT2D eigenvalue weighted by molar-refractivity contribution is 0.0695. The zero-order valence-electron chi connectivity index (χ0n) is 8.81. The SMILES string of the molecule is CCONS(=O)(=O)c1ccc(Br)c(C(=O)O)c1. The summed E-state index contributed by atoms with van der Waals surface area (Å²) in [5, 5.41) is 8.86. The number of hydrogen-bond acceptors (Lipinski definition) is 4. The Morgan fingerprint density at radius 3 is 2.71 bits per heavy atom. The van der Waals surface area contributed by atoms with Gasteiger partial charge >= 0.3 is 5.97 Å². The van der Waals surface area contributed by atoms with Gasteiger partial charge in [0.05, 0.1) is 17.1 Å². The largest absolute Gasteiger partial charge is 0.478 e. The molecule has 0 spiro atoms. The predicted octanol–water partition coefficient (Wildman–Crippen LogP) is 1.38. The molecule has 1 aromatic carbocycles. The van der Waals surface area contributed by atoms with E-state index in [1.54, 1.807) is 6.92 Å². The molecule has 0 atom stereocenters. The smallest absolute Gasteiger partial charge is 0.336 e. The van der Waals surface area contributed by atoms with Gasteiger partial charge in [0.2, 0.25) is 0 Å². The van der Waals surface area contributed by atoms with Crippen molar-refractivity contribution in [3.63, 3.8) is 0 Å². The molecule has 0 fully saturated rings. The maximum atomic E-state index is 11.6. The third-order valence-electron chi connectivity index (χ3n) is 1.79. The Balaban J connectivity index is 3.16. The quantitative estimate of drug-likeness (QED) is 0.798. The first-order valence-electron chi connectivity index (χ1n) is 4.55. The third kappa shape index (κ3) is 3.50. The van der Waals surface area contributed by atoms with E-state index in [2.05, 4.69) is 20.8 Å². The molecule has 0 bridgehead atoms. The zero-order chi connectivity index (χ0) is 13.1. The van der Waals surface area contributed by atoms with Crippen molar-refractivity contribution in [1.29, 1.82) is 0 Å². The maximum absolute atomic E-state index is 11.6.